The molecule has 0 atom stereocenters. The number of amides is 2. The summed E-state index contributed by atoms with van der Waals surface area (Å²) in [4.78, 5) is 18.3. The molecule has 190 valence electrons. The number of carbonyl (C=O) groups excluding carboxylic acids is 1. The van der Waals surface area contributed by atoms with Crippen LogP contribution in [0.4, 0.5) is 42.5 Å². The summed E-state index contributed by atoms with van der Waals surface area (Å²) in [6.45, 7) is 3.69. The van der Waals surface area contributed by atoms with Crippen molar-refractivity contribution in [3.05, 3.63) is 53.6 Å². The maximum atomic E-state index is 13.0. The zero-order valence-electron chi connectivity index (χ0n) is 18.8. The third kappa shape index (κ3) is 5.58. The number of nitrogens with one attached hydrogen (secondary N) is 1. The Hall–Kier alpha value is -3.15. The van der Waals surface area contributed by atoms with Crippen LogP contribution in [0.3, 0.4) is 0 Å². The number of ether oxygens (including phenoxy) is 1. The van der Waals surface area contributed by atoms with Crippen LogP contribution in [-0.2, 0) is 12.4 Å². The van der Waals surface area contributed by atoms with Crippen LogP contribution in [0.25, 0.3) is 0 Å². The average Bonchev–Trinajstić information content (AvgIpc) is 2.77. The molecular weight excluding hydrogens is 478 g/mol. The molecule has 2 amide bonds. The lowest BCUT2D eigenvalue weighted by Crippen LogP contribution is -2.64. The molecule has 12 heteroatoms. The Morgan fingerprint density at radius 1 is 0.914 bits per heavy atom. The summed E-state index contributed by atoms with van der Waals surface area (Å²) in [6, 6.07) is 8.09. The van der Waals surface area contributed by atoms with Crippen molar-refractivity contribution in [1.29, 1.82) is 0 Å². The molecule has 0 bridgehead atoms. The van der Waals surface area contributed by atoms with Crippen LogP contribution >= 0.6 is 0 Å². The molecule has 2 aromatic carbocycles. The van der Waals surface area contributed by atoms with Gasteiger partial charge in [-0.3, -0.25) is 4.90 Å². The zero-order valence-corrected chi connectivity index (χ0v) is 18.8. The van der Waals surface area contributed by atoms with Crippen molar-refractivity contribution in [3.63, 3.8) is 0 Å². The van der Waals surface area contributed by atoms with Crippen LogP contribution in [0, 0.1) is 0 Å². The molecular formula is C23H24F6N4O2. The molecule has 0 radical (unpaired) electrons. The lowest BCUT2D eigenvalue weighted by molar-refractivity contribution is -0.143. The summed E-state index contributed by atoms with van der Waals surface area (Å²) in [6.07, 6.45) is -9.96. The Morgan fingerprint density at radius 3 is 2.03 bits per heavy atom. The number of nitrogens with zero attached hydrogens (tertiary/aromatic N) is 3. The molecule has 2 aliphatic rings. The fourth-order valence-corrected chi connectivity index (χ4v) is 4.30. The number of urea groups is 1. The predicted octanol–water partition coefficient (Wildman–Crippen LogP) is 4.77. The monoisotopic (exact) mass is 502 g/mol. The Bertz CT molecular complexity index is 1030. The van der Waals surface area contributed by atoms with Crippen LogP contribution in [0.1, 0.15) is 11.1 Å². The summed E-state index contributed by atoms with van der Waals surface area (Å²) in [7, 11) is 1.62. The standard InChI is InChI=1S/C23H24F6N4O2/c1-35-20-5-3-2-4-19(20)32-8-6-31(7-9-32)18-13-33(14-18)21(34)30-17-11-15(22(24,25)26)10-16(12-17)23(27,28)29/h2-5,10-12,18H,6-9,13-14H2,1H3,(H,30,34). The first-order chi connectivity index (χ1) is 16.5. The highest BCUT2D eigenvalue weighted by Gasteiger charge is 2.39. The quantitative estimate of drug-likeness (QED) is 0.612. The van der Waals surface area contributed by atoms with Gasteiger partial charge in [-0.15, -0.1) is 0 Å². The van der Waals surface area contributed by atoms with Gasteiger partial charge in [0.1, 0.15) is 5.75 Å². The number of halogens is 6. The fourth-order valence-electron chi connectivity index (χ4n) is 4.30. The van der Waals surface area contributed by atoms with Crippen molar-refractivity contribution in [2.24, 2.45) is 0 Å². The Kier molecular flexibility index (Phi) is 6.76. The van der Waals surface area contributed by atoms with E-state index in [0.717, 1.165) is 37.6 Å². The van der Waals surface area contributed by atoms with Crippen molar-refractivity contribution in [2.45, 2.75) is 18.4 Å². The molecule has 2 aromatic rings. The highest BCUT2D eigenvalue weighted by molar-refractivity contribution is 5.90. The molecule has 35 heavy (non-hydrogen) atoms. The first-order valence-electron chi connectivity index (χ1n) is 10.9. The van der Waals surface area contributed by atoms with Gasteiger partial charge in [0.05, 0.1) is 23.9 Å². The van der Waals surface area contributed by atoms with E-state index in [4.69, 9.17) is 4.74 Å². The molecule has 0 spiro atoms. The lowest BCUT2D eigenvalue weighted by atomic mass is 10.1. The van der Waals surface area contributed by atoms with Crippen LogP contribution < -0.4 is 15.0 Å². The minimum Gasteiger partial charge on any atom is -0.495 e. The molecule has 0 aromatic heterocycles. The van der Waals surface area contributed by atoms with Gasteiger partial charge in [-0.05, 0) is 30.3 Å². The van der Waals surface area contributed by atoms with Gasteiger partial charge in [0.2, 0.25) is 0 Å². The third-order valence-corrected chi connectivity index (χ3v) is 6.24. The molecule has 1 N–H and O–H groups in total. The minimum atomic E-state index is -4.98. The van der Waals surface area contributed by atoms with E-state index in [9.17, 15) is 31.1 Å². The minimum absolute atomic E-state index is 0.0278. The van der Waals surface area contributed by atoms with E-state index in [0.29, 0.717) is 25.2 Å². The normalized spacial score (nSPS) is 17.8. The number of hydrogen-bond acceptors (Lipinski definition) is 4. The highest BCUT2D eigenvalue weighted by atomic mass is 19.4. The number of rotatable bonds is 4. The van der Waals surface area contributed by atoms with Gasteiger partial charge < -0.3 is 19.9 Å². The Labute approximate surface area is 198 Å². The molecule has 2 heterocycles. The molecule has 2 aliphatic heterocycles. The van der Waals surface area contributed by atoms with Crippen LogP contribution in [0.15, 0.2) is 42.5 Å². The van der Waals surface area contributed by atoms with Crippen LogP contribution in [-0.4, -0.2) is 68.3 Å². The number of likely N-dealkylation sites (tertiary alicyclic amines) is 1. The number of anilines is 2. The predicted molar refractivity (Wildman–Crippen MR) is 118 cm³/mol. The summed E-state index contributed by atoms with van der Waals surface area (Å²) in [5.74, 6) is 0.788. The summed E-state index contributed by atoms with van der Waals surface area (Å²) >= 11 is 0. The summed E-state index contributed by atoms with van der Waals surface area (Å²) in [5, 5.41) is 2.18. The van der Waals surface area contributed by atoms with Crippen molar-refractivity contribution < 1.29 is 35.9 Å². The summed E-state index contributed by atoms with van der Waals surface area (Å²) < 4.78 is 83.6. The van der Waals surface area contributed by atoms with E-state index in [1.54, 1.807) is 7.11 Å². The molecule has 4 rings (SSSR count). The van der Waals surface area contributed by atoms with E-state index in [1.807, 2.05) is 24.3 Å². The van der Waals surface area contributed by atoms with E-state index in [-0.39, 0.29) is 12.1 Å². The second kappa shape index (κ2) is 9.48. The van der Waals surface area contributed by atoms with Gasteiger partial charge in [0, 0.05) is 51.0 Å². The van der Waals surface area contributed by atoms with Crippen molar-refractivity contribution >= 4 is 17.4 Å². The van der Waals surface area contributed by atoms with E-state index in [2.05, 4.69) is 15.1 Å². The lowest BCUT2D eigenvalue weighted by Gasteiger charge is -2.48. The molecule has 2 fully saturated rings. The fraction of sp³-hybridized carbons (Fsp3) is 0.435. The van der Waals surface area contributed by atoms with Crippen molar-refractivity contribution in [3.8, 4) is 5.75 Å². The number of carbonyl (C=O) groups is 1. The first kappa shape index (κ1) is 25.0. The second-order valence-electron chi connectivity index (χ2n) is 8.48. The highest BCUT2D eigenvalue weighted by Crippen LogP contribution is 2.37. The maximum Gasteiger partial charge on any atom is 0.416 e. The van der Waals surface area contributed by atoms with E-state index < -0.39 is 35.2 Å². The number of piperazine rings is 1. The molecule has 0 aliphatic carbocycles. The van der Waals surface area contributed by atoms with Gasteiger partial charge in [0.15, 0.2) is 0 Å². The Balaban J connectivity index is 1.32. The third-order valence-electron chi connectivity index (χ3n) is 6.24. The first-order valence-corrected chi connectivity index (χ1v) is 10.9. The average molecular weight is 502 g/mol. The second-order valence-corrected chi connectivity index (χ2v) is 8.48. The molecule has 0 saturated carbocycles. The number of para-hydroxylation sites is 2. The topological polar surface area (TPSA) is 48.1 Å². The van der Waals surface area contributed by atoms with Crippen LogP contribution in [0.5, 0.6) is 5.75 Å². The van der Waals surface area contributed by atoms with Crippen molar-refractivity contribution in [1.82, 2.24) is 9.80 Å². The largest absolute Gasteiger partial charge is 0.495 e. The summed E-state index contributed by atoms with van der Waals surface area (Å²) in [5.41, 5.74) is -2.50. The SMILES string of the molecule is COc1ccccc1N1CCN(C2CN(C(=O)Nc3cc(C(F)(F)F)cc(C(F)(F)F)c3)C2)CC1. The van der Waals surface area contributed by atoms with Crippen LogP contribution in [0.2, 0.25) is 0 Å². The smallest absolute Gasteiger partial charge is 0.416 e. The molecule has 6 nitrogen and oxygen atoms in total. The number of methoxy groups -OCH3 is 1. The van der Waals surface area contributed by atoms with Gasteiger partial charge in [0.25, 0.3) is 0 Å². The maximum absolute atomic E-state index is 13.0. The Morgan fingerprint density at radius 2 is 1.49 bits per heavy atom. The van der Waals surface area contributed by atoms with Gasteiger partial charge in [-0.2, -0.15) is 26.3 Å². The molecule has 2 saturated heterocycles. The van der Waals surface area contributed by atoms with E-state index >= 15 is 0 Å². The van der Waals surface area contributed by atoms with Gasteiger partial charge >= 0.3 is 18.4 Å². The number of hydrogen-bond donors (Lipinski definition) is 1. The number of alkyl halides is 6. The van der Waals surface area contributed by atoms with Gasteiger partial charge in [-0.25, -0.2) is 4.79 Å². The number of benzene rings is 2. The van der Waals surface area contributed by atoms with Gasteiger partial charge in [-0.1, -0.05) is 12.1 Å². The molecule has 0 unspecified atom stereocenters. The zero-order chi connectivity index (χ0) is 25.4. The van der Waals surface area contributed by atoms with Crippen molar-refractivity contribution in [2.75, 3.05) is 56.6 Å². The van der Waals surface area contributed by atoms with E-state index in [1.165, 1.54) is 4.90 Å².